The number of benzene rings is 1. The molecule has 0 unspecified atom stereocenters. The van der Waals surface area contributed by atoms with Gasteiger partial charge in [0.2, 0.25) is 0 Å². The van der Waals surface area contributed by atoms with Crippen molar-refractivity contribution in [2.24, 2.45) is 23.7 Å². The number of ether oxygens (including phenoxy) is 3. The van der Waals surface area contributed by atoms with E-state index in [4.69, 9.17) is 14.2 Å². The molecule has 2 N–H and O–H groups in total. The van der Waals surface area contributed by atoms with E-state index in [1.165, 1.54) is 13.2 Å². The molecule has 0 aromatic heterocycles. The standard InChI is InChI=1S/C23H32O6/c1-12(2)14-9-16-15(10-20-23(16,4)29-20)22(3,26)11-19(14)28-21(25)13-6-7-18(27-5)17(24)8-13/h6-8,12,14-16,19-20,24,26H,9-11H2,1-5H3/t14-,15-,16+,19+,20-,22+,23+/m0/s1. The van der Waals surface area contributed by atoms with E-state index in [0.717, 1.165) is 12.8 Å². The predicted molar refractivity (Wildman–Crippen MR) is 107 cm³/mol. The lowest BCUT2D eigenvalue weighted by Crippen LogP contribution is -2.41. The highest BCUT2D eigenvalue weighted by Crippen LogP contribution is 2.63. The lowest BCUT2D eigenvalue weighted by atomic mass is 9.76. The minimum Gasteiger partial charge on any atom is -0.504 e. The van der Waals surface area contributed by atoms with E-state index in [1.54, 1.807) is 12.1 Å². The lowest BCUT2D eigenvalue weighted by molar-refractivity contribution is -0.0657. The van der Waals surface area contributed by atoms with Crippen LogP contribution in [0.1, 0.15) is 57.3 Å². The molecule has 29 heavy (non-hydrogen) atoms. The minimum absolute atomic E-state index is 0.102. The van der Waals surface area contributed by atoms with Crippen LogP contribution in [0, 0.1) is 23.7 Å². The largest absolute Gasteiger partial charge is 0.504 e. The molecule has 1 aliphatic heterocycles. The number of aromatic hydroxyl groups is 1. The number of epoxide rings is 1. The van der Waals surface area contributed by atoms with Crippen LogP contribution in [-0.2, 0) is 9.47 Å². The van der Waals surface area contributed by atoms with Gasteiger partial charge in [-0.15, -0.1) is 0 Å². The van der Waals surface area contributed by atoms with Gasteiger partial charge in [0.15, 0.2) is 11.5 Å². The van der Waals surface area contributed by atoms with Gasteiger partial charge < -0.3 is 24.4 Å². The fourth-order valence-electron chi connectivity index (χ4n) is 5.77. The first kappa shape index (κ1) is 20.5. The highest BCUT2D eigenvalue weighted by atomic mass is 16.6. The first-order valence-corrected chi connectivity index (χ1v) is 10.5. The molecule has 6 nitrogen and oxygen atoms in total. The molecule has 6 heteroatoms. The summed E-state index contributed by atoms with van der Waals surface area (Å²) in [5.74, 6) is 0.562. The number of rotatable bonds is 4. The Bertz CT molecular complexity index is 803. The number of carbonyl (C=O) groups is 1. The number of esters is 1. The summed E-state index contributed by atoms with van der Waals surface area (Å²) in [6.45, 7) is 8.31. The van der Waals surface area contributed by atoms with Gasteiger partial charge in [-0.25, -0.2) is 4.79 Å². The van der Waals surface area contributed by atoms with Crippen LogP contribution in [0.4, 0.5) is 0 Å². The molecule has 2 saturated carbocycles. The van der Waals surface area contributed by atoms with Crippen molar-refractivity contribution >= 4 is 5.97 Å². The minimum atomic E-state index is -0.916. The van der Waals surface area contributed by atoms with Gasteiger partial charge >= 0.3 is 5.97 Å². The Balaban J connectivity index is 1.58. The van der Waals surface area contributed by atoms with Crippen molar-refractivity contribution in [3.63, 3.8) is 0 Å². The highest BCUT2D eigenvalue weighted by molar-refractivity contribution is 5.90. The summed E-state index contributed by atoms with van der Waals surface area (Å²) in [6.07, 6.45) is 2.00. The molecule has 0 bridgehead atoms. The van der Waals surface area contributed by atoms with Crippen LogP contribution in [0.15, 0.2) is 18.2 Å². The highest BCUT2D eigenvalue weighted by Gasteiger charge is 2.69. The first-order valence-electron chi connectivity index (χ1n) is 10.5. The smallest absolute Gasteiger partial charge is 0.338 e. The summed E-state index contributed by atoms with van der Waals surface area (Å²) in [6, 6.07) is 4.49. The van der Waals surface area contributed by atoms with Crippen LogP contribution in [0.2, 0.25) is 0 Å². The zero-order valence-corrected chi connectivity index (χ0v) is 17.8. The van der Waals surface area contributed by atoms with E-state index in [2.05, 4.69) is 20.8 Å². The Morgan fingerprint density at radius 1 is 1.24 bits per heavy atom. The maximum absolute atomic E-state index is 12.9. The number of hydrogen-bond acceptors (Lipinski definition) is 6. The maximum atomic E-state index is 12.9. The summed E-state index contributed by atoms with van der Waals surface area (Å²) in [4.78, 5) is 12.9. The molecule has 1 aromatic rings. The van der Waals surface area contributed by atoms with Crippen LogP contribution >= 0.6 is 0 Å². The van der Waals surface area contributed by atoms with Gasteiger partial charge in [0.25, 0.3) is 0 Å². The fraction of sp³-hybridized carbons (Fsp3) is 0.696. The van der Waals surface area contributed by atoms with Crippen LogP contribution < -0.4 is 4.74 Å². The molecule has 3 aliphatic rings. The van der Waals surface area contributed by atoms with Crippen LogP contribution in [-0.4, -0.2) is 46.7 Å². The number of methoxy groups -OCH3 is 1. The van der Waals surface area contributed by atoms with E-state index in [1.807, 2.05) is 6.92 Å². The molecule has 2 aliphatic carbocycles. The number of aliphatic hydroxyl groups is 1. The molecule has 7 atom stereocenters. The molecule has 4 rings (SSSR count). The molecular weight excluding hydrogens is 372 g/mol. The number of carbonyl (C=O) groups excluding carboxylic acids is 1. The Morgan fingerprint density at radius 2 is 1.97 bits per heavy atom. The molecular formula is C23H32O6. The van der Waals surface area contributed by atoms with Crippen molar-refractivity contribution in [1.29, 1.82) is 0 Å². The topological polar surface area (TPSA) is 88.5 Å². The maximum Gasteiger partial charge on any atom is 0.338 e. The molecule has 1 saturated heterocycles. The molecule has 1 aromatic carbocycles. The lowest BCUT2D eigenvalue weighted by Gasteiger charge is -2.35. The molecule has 1 heterocycles. The summed E-state index contributed by atoms with van der Waals surface area (Å²) >= 11 is 0. The van der Waals surface area contributed by atoms with Gasteiger partial charge in [-0.2, -0.15) is 0 Å². The van der Waals surface area contributed by atoms with Crippen molar-refractivity contribution in [2.45, 2.75) is 70.4 Å². The van der Waals surface area contributed by atoms with Gasteiger partial charge in [-0.05, 0) is 68.6 Å². The Morgan fingerprint density at radius 3 is 2.59 bits per heavy atom. The van der Waals surface area contributed by atoms with E-state index in [9.17, 15) is 15.0 Å². The zero-order chi connectivity index (χ0) is 21.1. The van der Waals surface area contributed by atoms with Crippen molar-refractivity contribution in [3.8, 4) is 11.5 Å². The molecule has 0 radical (unpaired) electrons. The third-order valence-electron chi connectivity index (χ3n) is 7.61. The molecule has 0 spiro atoms. The second-order valence-corrected chi connectivity index (χ2v) is 9.77. The van der Waals surface area contributed by atoms with Gasteiger partial charge in [-0.1, -0.05) is 13.8 Å². The number of phenolic OH excluding ortho intramolecular Hbond substituents is 1. The van der Waals surface area contributed by atoms with Crippen molar-refractivity contribution in [3.05, 3.63) is 23.8 Å². The quantitative estimate of drug-likeness (QED) is 0.589. The van der Waals surface area contributed by atoms with Crippen LogP contribution in [0.3, 0.4) is 0 Å². The van der Waals surface area contributed by atoms with Gasteiger partial charge in [0.05, 0.1) is 30.0 Å². The summed E-state index contributed by atoms with van der Waals surface area (Å²) in [5, 5.41) is 21.3. The molecule has 160 valence electrons. The van der Waals surface area contributed by atoms with Crippen LogP contribution in [0.25, 0.3) is 0 Å². The number of hydrogen-bond donors (Lipinski definition) is 2. The third kappa shape index (κ3) is 3.40. The van der Waals surface area contributed by atoms with E-state index in [-0.39, 0.29) is 40.8 Å². The normalized spacial score (nSPS) is 40.7. The zero-order valence-electron chi connectivity index (χ0n) is 17.8. The molecule has 3 fully saturated rings. The predicted octanol–water partition coefficient (Wildman–Crippen LogP) is 3.54. The Kier molecular flexibility index (Phi) is 4.86. The van der Waals surface area contributed by atoms with E-state index >= 15 is 0 Å². The first-order chi connectivity index (χ1) is 13.6. The third-order valence-corrected chi connectivity index (χ3v) is 7.61. The van der Waals surface area contributed by atoms with E-state index < -0.39 is 17.7 Å². The summed E-state index contributed by atoms with van der Waals surface area (Å²) in [5.41, 5.74) is -0.795. The van der Waals surface area contributed by atoms with Gasteiger partial charge in [0.1, 0.15) is 6.10 Å². The van der Waals surface area contributed by atoms with Crippen molar-refractivity contribution < 1.29 is 29.2 Å². The second kappa shape index (κ2) is 6.88. The monoisotopic (exact) mass is 404 g/mol. The van der Waals surface area contributed by atoms with Gasteiger partial charge in [0, 0.05) is 6.42 Å². The number of fused-ring (bicyclic) bond motifs is 3. The Hall–Kier alpha value is -1.79. The van der Waals surface area contributed by atoms with Crippen molar-refractivity contribution in [2.75, 3.05) is 7.11 Å². The second-order valence-electron chi connectivity index (χ2n) is 9.77. The van der Waals surface area contributed by atoms with Crippen molar-refractivity contribution in [1.82, 2.24) is 0 Å². The molecule has 0 amide bonds. The Labute approximate surface area is 172 Å². The van der Waals surface area contributed by atoms with Gasteiger partial charge in [-0.3, -0.25) is 0 Å². The summed E-state index contributed by atoms with van der Waals surface area (Å²) in [7, 11) is 1.46. The number of phenols is 1. The average Bonchev–Trinajstić information content (AvgIpc) is 3.24. The fourth-order valence-corrected chi connectivity index (χ4v) is 5.77. The van der Waals surface area contributed by atoms with Crippen LogP contribution in [0.5, 0.6) is 11.5 Å². The van der Waals surface area contributed by atoms with E-state index in [0.29, 0.717) is 18.1 Å². The summed E-state index contributed by atoms with van der Waals surface area (Å²) < 4.78 is 16.9. The average molecular weight is 405 g/mol. The SMILES string of the molecule is COc1ccc(C(=O)O[C@@H]2C[C@@](C)(O)[C@H]3C[C@@H]4O[C@]4(C)[C@@H]3C[C@H]2C(C)C)cc1O.